The summed E-state index contributed by atoms with van der Waals surface area (Å²) in [6, 6.07) is -0.524. The quantitative estimate of drug-likeness (QED) is 0.503. The second-order valence-corrected chi connectivity index (χ2v) is 6.97. The van der Waals surface area contributed by atoms with Gasteiger partial charge in [-0.05, 0) is 0 Å². The highest BCUT2D eigenvalue weighted by molar-refractivity contribution is 8.14. The van der Waals surface area contributed by atoms with Crippen LogP contribution < -0.4 is 0 Å². The van der Waals surface area contributed by atoms with Crippen LogP contribution in [-0.4, -0.2) is 78.5 Å². The van der Waals surface area contributed by atoms with Gasteiger partial charge in [-0.15, -0.1) is 0 Å². The largest absolute Gasteiger partial charge is 0.463 e. The van der Waals surface area contributed by atoms with Crippen LogP contribution in [0, 0.1) is 0 Å². The lowest BCUT2D eigenvalue weighted by molar-refractivity contribution is -0.208. The zero-order chi connectivity index (χ0) is 18.7. The number of esters is 3. The molecule has 140 valence electrons. The minimum atomic E-state index is -0.923. The molecule has 0 aromatic heterocycles. The summed E-state index contributed by atoms with van der Waals surface area (Å²) in [7, 11) is 3.67. The van der Waals surface area contributed by atoms with E-state index in [1.165, 1.54) is 32.5 Å². The molecular weight excluding hydrogens is 352 g/mol. The van der Waals surface area contributed by atoms with Crippen molar-refractivity contribution in [2.45, 2.75) is 50.6 Å². The standard InChI is InChI=1S/C15H22N2O7S/c1-7(18)21-6-10-12(22-8(2)19)13(23-9(3)20)11-14(24-10)25-15(16-11)17(4)5/h10-14H,6H2,1-5H3/t10-,11?,12-,13-,14?/m1/s1. The molecule has 0 radical (unpaired) electrons. The van der Waals surface area contributed by atoms with Crippen molar-refractivity contribution in [2.75, 3.05) is 20.7 Å². The number of rotatable bonds is 4. The lowest BCUT2D eigenvalue weighted by Crippen LogP contribution is -2.59. The summed E-state index contributed by atoms with van der Waals surface area (Å²) < 4.78 is 21.7. The van der Waals surface area contributed by atoms with E-state index < -0.39 is 47.7 Å². The highest BCUT2D eigenvalue weighted by Gasteiger charge is 2.53. The van der Waals surface area contributed by atoms with Crippen molar-refractivity contribution in [3.05, 3.63) is 0 Å². The molecule has 1 fully saturated rings. The maximum absolute atomic E-state index is 11.6. The molecule has 5 atom stereocenters. The molecule has 2 unspecified atom stereocenters. The van der Waals surface area contributed by atoms with Gasteiger partial charge in [-0.1, -0.05) is 11.8 Å². The van der Waals surface area contributed by atoms with Gasteiger partial charge in [0.2, 0.25) is 0 Å². The van der Waals surface area contributed by atoms with E-state index in [1.807, 2.05) is 19.0 Å². The Kier molecular flexibility index (Phi) is 6.28. The van der Waals surface area contributed by atoms with Crippen molar-refractivity contribution >= 4 is 34.8 Å². The number of amidine groups is 1. The van der Waals surface area contributed by atoms with E-state index in [-0.39, 0.29) is 6.61 Å². The lowest BCUT2D eigenvalue weighted by atomic mass is 9.98. The third-order valence-corrected chi connectivity index (χ3v) is 4.84. The molecule has 0 aromatic rings. The average molecular weight is 374 g/mol. The number of fused-ring (bicyclic) bond motifs is 1. The number of thioether (sulfide) groups is 1. The van der Waals surface area contributed by atoms with E-state index in [4.69, 9.17) is 18.9 Å². The fourth-order valence-electron chi connectivity index (χ4n) is 2.60. The summed E-state index contributed by atoms with van der Waals surface area (Å²) in [5.74, 6) is -1.56. The molecule has 2 aliphatic rings. The molecule has 0 aliphatic carbocycles. The van der Waals surface area contributed by atoms with E-state index in [1.54, 1.807) is 0 Å². The Labute approximate surface area is 150 Å². The average Bonchev–Trinajstić information content (AvgIpc) is 2.91. The summed E-state index contributed by atoms with van der Waals surface area (Å²) >= 11 is 1.37. The molecule has 25 heavy (non-hydrogen) atoms. The van der Waals surface area contributed by atoms with Gasteiger partial charge in [0.05, 0.1) is 0 Å². The molecule has 1 saturated heterocycles. The van der Waals surface area contributed by atoms with Crippen LogP contribution >= 0.6 is 11.8 Å². The molecule has 2 aliphatic heterocycles. The second-order valence-electron chi connectivity index (χ2n) is 5.91. The van der Waals surface area contributed by atoms with Crippen molar-refractivity contribution in [3.8, 4) is 0 Å². The summed E-state index contributed by atoms with van der Waals surface area (Å²) in [6.07, 6.45) is -2.51. The smallest absolute Gasteiger partial charge is 0.303 e. The molecule has 0 amide bonds. The van der Waals surface area contributed by atoms with Crippen LogP contribution in [0.4, 0.5) is 0 Å². The number of hydrogen-bond donors (Lipinski definition) is 0. The predicted octanol–water partition coefficient (Wildman–Crippen LogP) is 0.171. The zero-order valence-electron chi connectivity index (χ0n) is 14.8. The predicted molar refractivity (Wildman–Crippen MR) is 88.9 cm³/mol. The normalized spacial score (nSPS) is 30.8. The zero-order valence-corrected chi connectivity index (χ0v) is 15.6. The number of carbonyl (C=O) groups excluding carboxylic acids is 3. The van der Waals surface area contributed by atoms with Gasteiger partial charge in [0.25, 0.3) is 0 Å². The van der Waals surface area contributed by atoms with Gasteiger partial charge in [0, 0.05) is 34.9 Å². The Morgan fingerprint density at radius 3 is 2.20 bits per heavy atom. The molecule has 2 heterocycles. The Morgan fingerprint density at radius 2 is 1.68 bits per heavy atom. The summed E-state index contributed by atoms with van der Waals surface area (Å²) in [4.78, 5) is 40.6. The van der Waals surface area contributed by atoms with Crippen LogP contribution in [-0.2, 0) is 33.3 Å². The highest BCUT2D eigenvalue weighted by atomic mass is 32.2. The first-order chi connectivity index (χ1) is 11.7. The van der Waals surface area contributed by atoms with Crippen molar-refractivity contribution in [3.63, 3.8) is 0 Å². The van der Waals surface area contributed by atoms with Crippen LogP contribution in [0.25, 0.3) is 0 Å². The Bertz CT molecular complexity index is 580. The molecule has 9 nitrogen and oxygen atoms in total. The minimum absolute atomic E-state index is 0.119. The monoisotopic (exact) mass is 374 g/mol. The first-order valence-corrected chi connectivity index (χ1v) is 8.62. The second kappa shape index (κ2) is 8.05. The molecule has 0 spiro atoms. The summed E-state index contributed by atoms with van der Waals surface area (Å²) in [5.41, 5.74) is -0.436. The topological polar surface area (TPSA) is 104 Å². The first-order valence-electron chi connectivity index (χ1n) is 7.74. The molecule has 0 bridgehead atoms. The van der Waals surface area contributed by atoms with Crippen LogP contribution in [0.2, 0.25) is 0 Å². The van der Waals surface area contributed by atoms with Crippen molar-refractivity contribution < 1.29 is 33.3 Å². The van der Waals surface area contributed by atoms with Crippen LogP contribution in [0.1, 0.15) is 20.8 Å². The van der Waals surface area contributed by atoms with Gasteiger partial charge in [-0.25, -0.2) is 0 Å². The van der Waals surface area contributed by atoms with Gasteiger partial charge in [0.15, 0.2) is 17.4 Å². The summed E-state index contributed by atoms with van der Waals surface area (Å²) in [6.45, 7) is 3.67. The maximum Gasteiger partial charge on any atom is 0.303 e. The highest BCUT2D eigenvalue weighted by Crippen LogP contribution is 2.39. The van der Waals surface area contributed by atoms with E-state index >= 15 is 0 Å². The Balaban J connectivity index is 2.30. The fourth-order valence-corrected chi connectivity index (χ4v) is 3.76. The number of nitrogens with zero attached hydrogens (tertiary/aromatic N) is 2. The fraction of sp³-hybridized carbons (Fsp3) is 0.733. The van der Waals surface area contributed by atoms with Crippen molar-refractivity contribution in [1.82, 2.24) is 4.90 Å². The Hall–Kier alpha value is -1.81. The molecule has 2 rings (SSSR count). The van der Waals surface area contributed by atoms with Crippen LogP contribution in [0.15, 0.2) is 4.99 Å². The third kappa shape index (κ3) is 4.85. The number of ether oxygens (including phenoxy) is 4. The number of hydrogen-bond acceptors (Lipinski definition) is 10. The summed E-state index contributed by atoms with van der Waals surface area (Å²) in [5, 5.41) is 0.710. The van der Waals surface area contributed by atoms with E-state index in [2.05, 4.69) is 4.99 Å². The van der Waals surface area contributed by atoms with Gasteiger partial charge >= 0.3 is 17.9 Å². The molecule has 10 heteroatoms. The lowest BCUT2D eigenvalue weighted by Gasteiger charge is -2.41. The van der Waals surface area contributed by atoms with Crippen LogP contribution in [0.5, 0.6) is 0 Å². The van der Waals surface area contributed by atoms with E-state index in [9.17, 15) is 14.4 Å². The van der Waals surface area contributed by atoms with E-state index in [0.29, 0.717) is 5.17 Å². The molecule has 0 aromatic carbocycles. The molecule has 0 N–H and O–H groups in total. The van der Waals surface area contributed by atoms with Gasteiger partial charge in [0.1, 0.15) is 24.2 Å². The molecular formula is C15H22N2O7S. The van der Waals surface area contributed by atoms with Crippen molar-refractivity contribution in [2.24, 2.45) is 4.99 Å². The minimum Gasteiger partial charge on any atom is -0.463 e. The number of carbonyl (C=O) groups is 3. The van der Waals surface area contributed by atoms with Crippen molar-refractivity contribution in [1.29, 1.82) is 0 Å². The maximum atomic E-state index is 11.6. The number of aliphatic imine (C=N–C) groups is 1. The SMILES string of the molecule is CC(=O)OC[C@H]1OC2SC(N(C)C)=NC2[C@@H](OC(C)=O)[C@@H]1OC(C)=O. The Morgan fingerprint density at radius 1 is 1.08 bits per heavy atom. The third-order valence-electron chi connectivity index (χ3n) is 3.53. The van der Waals surface area contributed by atoms with E-state index in [0.717, 1.165) is 0 Å². The van der Waals surface area contributed by atoms with Crippen LogP contribution in [0.3, 0.4) is 0 Å². The first kappa shape index (κ1) is 19.5. The molecule has 0 saturated carbocycles. The van der Waals surface area contributed by atoms with Gasteiger partial charge in [-0.3, -0.25) is 19.4 Å². The van der Waals surface area contributed by atoms with Gasteiger partial charge < -0.3 is 23.8 Å². The van der Waals surface area contributed by atoms with Gasteiger partial charge in [-0.2, -0.15) is 0 Å².